The molecule has 2 heteroatoms. The summed E-state index contributed by atoms with van der Waals surface area (Å²) < 4.78 is 5.26. The van der Waals surface area contributed by atoms with E-state index in [2.05, 4.69) is 80.7 Å². The standard InChI is InChI=1S/C24H25NO/c1-17-14-18(2)24(19(3)15-17)25-22-12-10-20(11-13-22)8-9-21-6-5-7-23(16-21)26-4/h5-16,25H,1-4H3. The molecule has 2 nitrogen and oxygen atoms in total. The Bertz CT molecular complexity index is 900. The first kappa shape index (κ1) is 17.8. The zero-order chi connectivity index (χ0) is 18.5. The average Bonchev–Trinajstić information content (AvgIpc) is 2.64. The average molecular weight is 343 g/mol. The van der Waals surface area contributed by atoms with Gasteiger partial charge < -0.3 is 10.1 Å². The summed E-state index contributed by atoms with van der Waals surface area (Å²) in [6, 6.07) is 20.9. The fourth-order valence-corrected chi connectivity index (χ4v) is 3.14. The highest BCUT2D eigenvalue weighted by atomic mass is 16.5. The first-order chi connectivity index (χ1) is 12.5. The van der Waals surface area contributed by atoms with Crippen LogP contribution in [0, 0.1) is 20.8 Å². The summed E-state index contributed by atoms with van der Waals surface area (Å²) in [5.41, 5.74) is 8.40. The Morgan fingerprint density at radius 1 is 0.769 bits per heavy atom. The van der Waals surface area contributed by atoms with Crippen LogP contribution in [0.2, 0.25) is 0 Å². The first-order valence-corrected chi connectivity index (χ1v) is 8.82. The van der Waals surface area contributed by atoms with E-state index in [0.29, 0.717) is 0 Å². The van der Waals surface area contributed by atoms with Crippen molar-refractivity contribution >= 4 is 23.5 Å². The third-order valence-electron chi connectivity index (χ3n) is 4.42. The molecule has 0 aliphatic heterocycles. The molecule has 0 aliphatic carbocycles. The molecule has 0 amide bonds. The van der Waals surface area contributed by atoms with Gasteiger partial charge in [-0.3, -0.25) is 0 Å². The zero-order valence-corrected chi connectivity index (χ0v) is 15.8. The summed E-state index contributed by atoms with van der Waals surface area (Å²) in [6.07, 6.45) is 4.21. The van der Waals surface area contributed by atoms with Crippen molar-refractivity contribution in [1.82, 2.24) is 0 Å². The van der Waals surface area contributed by atoms with Crippen molar-refractivity contribution in [3.63, 3.8) is 0 Å². The van der Waals surface area contributed by atoms with E-state index in [9.17, 15) is 0 Å². The van der Waals surface area contributed by atoms with Crippen LogP contribution in [0.4, 0.5) is 11.4 Å². The van der Waals surface area contributed by atoms with E-state index in [1.165, 1.54) is 22.4 Å². The lowest BCUT2D eigenvalue weighted by Gasteiger charge is -2.14. The van der Waals surface area contributed by atoms with Gasteiger partial charge in [0.15, 0.2) is 0 Å². The third kappa shape index (κ3) is 4.34. The maximum Gasteiger partial charge on any atom is 0.119 e. The van der Waals surface area contributed by atoms with E-state index >= 15 is 0 Å². The van der Waals surface area contributed by atoms with Crippen LogP contribution in [0.1, 0.15) is 27.8 Å². The summed E-state index contributed by atoms with van der Waals surface area (Å²) in [7, 11) is 1.69. The van der Waals surface area contributed by atoms with Gasteiger partial charge in [-0.2, -0.15) is 0 Å². The van der Waals surface area contributed by atoms with Crippen LogP contribution >= 0.6 is 0 Å². The van der Waals surface area contributed by atoms with Crippen LogP contribution in [0.3, 0.4) is 0 Å². The lowest BCUT2D eigenvalue weighted by molar-refractivity contribution is 0.414. The highest BCUT2D eigenvalue weighted by molar-refractivity contribution is 5.72. The smallest absolute Gasteiger partial charge is 0.119 e. The summed E-state index contributed by atoms with van der Waals surface area (Å²) in [4.78, 5) is 0. The molecule has 0 saturated heterocycles. The summed E-state index contributed by atoms with van der Waals surface area (Å²) in [5, 5.41) is 3.54. The molecular weight excluding hydrogens is 318 g/mol. The van der Waals surface area contributed by atoms with E-state index in [-0.39, 0.29) is 0 Å². The van der Waals surface area contributed by atoms with Crippen molar-refractivity contribution in [2.24, 2.45) is 0 Å². The second-order valence-electron chi connectivity index (χ2n) is 6.63. The summed E-state index contributed by atoms with van der Waals surface area (Å²) in [6.45, 7) is 6.42. The van der Waals surface area contributed by atoms with E-state index in [4.69, 9.17) is 4.74 Å². The predicted molar refractivity (Wildman–Crippen MR) is 112 cm³/mol. The molecule has 1 N–H and O–H groups in total. The molecule has 3 rings (SSSR count). The molecule has 0 heterocycles. The number of methoxy groups -OCH3 is 1. The second kappa shape index (κ2) is 7.92. The Balaban J connectivity index is 1.73. The van der Waals surface area contributed by atoms with Gasteiger partial charge in [-0.1, -0.05) is 54.1 Å². The number of rotatable bonds is 5. The Kier molecular flexibility index (Phi) is 5.43. The fraction of sp³-hybridized carbons (Fsp3) is 0.167. The molecule has 0 atom stereocenters. The van der Waals surface area contributed by atoms with Crippen molar-refractivity contribution in [2.45, 2.75) is 20.8 Å². The SMILES string of the molecule is COc1cccc(C=Cc2ccc(Nc3c(C)cc(C)cc3C)cc2)c1. The lowest BCUT2D eigenvalue weighted by atomic mass is 10.0. The maximum atomic E-state index is 5.26. The molecule has 0 saturated carbocycles. The predicted octanol–water partition coefficient (Wildman–Crippen LogP) is 6.53. The summed E-state index contributed by atoms with van der Waals surface area (Å²) in [5.74, 6) is 0.871. The van der Waals surface area contributed by atoms with Crippen molar-refractivity contribution in [3.05, 3.63) is 88.5 Å². The Morgan fingerprint density at radius 3 is 2.08 bits per heavy atom. The first-order valence-electron chi connectivity index (χ1n) is 8.82. The van der Waals surface area contributed by atoms with Crippen LogP contribution < -0.4 is 10.1 Å². The van der Waals surface area contributed by atoms with Crippen LogP contribution in [-0.2, 0) is 0 Å². The number of ether oxygens (including phenoxy) is 1. The Morgan fingerprint density at radius 2 is 1.42 bits per heavy atom. The molecule has 3 aromatic rings. The molecule has 0 unspecified atom stereocenters. The minimum atomic E-state index is 0.871. The van der Waals surface area contributed by atoms with Crippen LogP contribution in [-0.4, -0.2) is 7.11 Å². The Labute approximate surface area is 156 Å². The third-order valence-corrected chi connectivity index (χ3v) is 4.42. The highest BCUT2D eigenvalue weighted by Crippen LogP contribution is 2.26. The van der Waals surface area contributed by atoms with Gasteiger partial charge >= 0.3 is 0 Å². The molecule has 0 fully saturated rings. The zero-order valence-electron chi connectivity index (χ0n) is 15.8. The van der Waals surface area contributed by atoms with Crippen LogP contribution in [0.25, 0.3) is 12.2 Å². The van der Waals surface area contributed by atoms with Crippen molar-refractivity contribution in [1.29, 1.82) is 0 Å². The molecule has 0 aromatic heterocycles. The van der Waals surface area contributed by atoms with E-state index in [1.54, 1.807) is 7.11 Å². The molecule has 0 radical (unpaired) electrons. The molecular formula is C24H25NO. The summed E-state index contributed by atoms with van der Waals surface area (Å²) >= 11 is 0. The minimum absolute atomic E-state index is 0.871. The van der Waals surface area contributed by atoms with E-state index in [1.807, 2.05) is 18.2 Å². The van der Waals surface area contributed by atoms with Crippen LogP contribution in [0.15, 0.2) is 60.7 Å². The van der Waals surface area contributed by atoms with Gasteiger partial charge in [-0.15, -0.1) is 0 Å². The topological polar surface area (TPSA) is 21.3 Å². The minimum Gasteiger partial charge on any atom is -0.497 e. The molecule has 3 aromatic carbocycles. The maximum absolute atomic E-state index is 5.26. The molecule has 0 spiro atoms. The monoisotopic (exact) mass is 343 g/mol. The van der Waals surface area contributed by atoms with Crippen molar-refractivity contribution in [3.8, 4) is 5.75 Å². The van der Waals surface area contributed by atoms with Gasteiger partial charge in [-0.05, 0) is 67.3 Å². The Hall–Kier alpha value is -3.00. The van der Waals surface area contributed by atoms with E-state index < -0.39 is 0 Å². The van der Waals surface area contributed by atoms with Gasteiger partial charge in [0.05, 0.1) is 7.11 Å². The second-order valence-corrected chi connectivity index (χ2v) is 6.63. The quantitative estimate of drug-likeness (QED) is 0.531. The van der Waals surface area contributed by atoms with Crippen molar-refractivity contribution in [2.75, 3.05) is 12.4 Å². The molecule has 0 aliphatic rings. The van der Waals surface area contributed by atoms with Gasteiger partial charge in [0.2, 0.25) is 0 Å². The number of nitrogens with one attached hydrogen (secondary N) is 1. The highest BCUT2D eigenvalue weighted by Gasteiger charge is 2.04. The molecule has 26 heavy (non-hydrogen) atoms. The fourth-order valence-electron chi connectivity index (χ4n) is 3.14. The van der Waals surface area contributed by atoms with Crippen molar-refractivity contribution < 1.29 is 4.74 Å². The number of anilines is 2. The lowest BCUT2D eigenvalue weighted by Crippen LogP contribution is -1.97. The molecule has 132 valence electrons. The van der Waals surface area contributed by atoms with Gasteiger partial charge in [0, 0.05) is 11.4 Å². The number of benzene rings is 3. The number of hydrogen-bond acceptors (Lipinski definition) is 2. The van der Waals surface area contributed by atoms with Gasteiger partial charge in [-0.25, -0.2) is 0 Å². The largest absolute Gasteiger partial charge is 0.497 e. The van der Waals surface area contributed by atoms with Crippen LogP contribution in [0.5, 0.6) is 5.75 Å². The van der Waals surface area contributed by atoms with Gasteiger partial charge in [0.1, 0.15) is 5.75 Å². The van der Waals surface area contributed by atoms with Gasteiger partial charge in [0.25, 0.3) is 0 Å². The molecule has 0 bridgehead atoms. The number of hydrogen-bond donors (Lipinski definition) is 1. The normalized spacial score (nSPS) is 10.9. The van der Waals surface area contributed by atoms with E-state index in [0.717, 1.165) is 22.6 Å². The number of aryl methyl sites for hydroxylation is 3.